The molecule has 0 atom stereocenters. The summed E-state index contributed by atoms with van der Waals surface area (Å²) in [7, 11) is -4.32. The third kappa shape index (κ3) is 3.94. The monoisotopic (exact) mass is 236 g/mol. The number of hydrogen-bond acceptors (Lipinski definition) is 3. The van der Waals surface area contributed by atoms with Gasteiger partial charge in [-0.3, -0.25) is 0 Å². The molecule has 0 aliphatic carbocycles. The zero-order valence-electron chi connectivity index (χ0n) is 8.15. The molecule has 0 aliphatic rings. The largest absolute Gasteiger partial charge is 1.00 e. The van der Waals surface area contributed by atoms with E-state index in [1.54, 1.807) is 19.1 Å². The first-order valence-corrected chi connectivity index (χ1v) is 5.04. The van der Waals surface area contributed by atoms with Crippen molar-refractivity contribution in [3.05, 3.63) is 36.4 Å². The summed E-state index contributed by atoms with van der Waals surface area (Å²) in [6.45, 7) is 5.50. The molecular formula is C9H9KO3S. The van der Waals surface area contributed by atoms with Crippen LogP contribution in [0, 0.1) is 0 Å². The summed E-state index contributed by atoms with van der Waals surface area (Å²) in [4.78, 5) is -0.211. The van der Waals surface area contributed by atoms with Crippen LogP contribution in [0.2, 0.25) is 0 Å². The van der Waals surface area contributed by atoms with Gasteiger partial charge in [-0.1, -0.05) is 24.3 Å². The average molecular weight is 236 g/mol. The molecular weight excluding hydrogens is 227 g/mol. The molecule has 0 radical (unpaired) electrons. The van der Waals surface area contributed by atoms with Gasteiger partial charge in [0.05, 0.1) is 4.90 Å². The maximum Gasteiger partial charge on any atom is 1.00 e. The molecule has 70 valence electrons. The minimum atomic E-state index is -4.32. The van der Waals surface area contributed by atoms with Gasteiger partial charge in [0.2, 0.25) is 0 Å². The molecule has 0 saturated carbocycles. The summed E-state index contributed by atoms with van der Waals surface area (Å²) in [6.07, 6.45) is 0. The zero-order valence-corrected chi connectivity index (χ0v) is 12.1. The van der Waals surface area contributed by atoms with Gasteiger partial charge in [0.1, 0.15) is 10.1 Å². The Hall–Kier alpha value is 0.506. The first-order chi connectivity index (χ1) is 5.91. The Bertz CT molecular complexity index is 420. The van der Waals surface area contributed by atoms with Gasteiger partial charge in [-0.25, -0.2) is 8.42 Å². The summed E-state index contributed by atoms with van der Waals surface area (Å²) in [6, 6.07) is 5.69. The molecule has 0 aromatic heterocycles. The van der Waals surface area contributed by atoms with Crippen LogP contribution in [-0.2, 0) is 10.1 Å². The molecule has 0 bridgehead atoms. The third-order valence-electron chi connectivity index (χ3n) is 1.64. The fourth-order valence-electron chi connectivity index (χ4n) is 0.906. The van der Waals surface area contributed by atoms with Crippen molar-refractivity contribution in [3.8, 4) is 0 Å². The summed E-state index contributed by atoms with van der Waals surface area (Å²) < 4.78 is 31.6. The third-order valence-corrected chi connectivity index (χ3v) is 2.49. The SMILES string of the molecule is C=C(C)c1ccc(S(=O)(=O)[O-])cc1.[K+]. The Kier molecular flexibility index (Phi) is 5.75. The zero-order chi connectivity index (χ0) is 10.1. The first kappa shape index (κ1) is 14.5. The van der Waals surface area contributed by atoms with Crippen molar-refractivity contribution in [2.45, 2.75) is 11.8 Å². The van der Waals surface area contributed by atoms with Crippen LogP contribution in [0.4, 0.5) is 0 Å². The Morgan fingerprint density at radius 3 is 2.00 bits per heavy atom. The topological polar surface area (TPSA) is 57.2 Å². The number of allylic oxidation sites excluding steroid dienone is 1. The smallest absolute Gasteiger partial charge is 0.744 e. The maximum absolute atomic E-state index is 10.5. The molecule has 0 unspecified atom stereocenters. The van der Waals surface area contributed by atoms with Crippen LogP contribution in [0.1, 0.15) is 12.5 Å². The number of benzene rings is 1. The molecule has 0 amide bonds. The van der Waals surface area contributed by atoms with Crippen LogP contribution in [0.3, 0.4) is 0 Å². The summed E-state index contributed by atoms with van der Waals surface area (Å²) in [5.74, 6) is 0. The maximum atomic E-state index is 10.5. The van der Waals surface area contributed by atoms with Crippen LogP contribution in [0.25, 0.3) is 5.57 Å². The molecule has 14 heavy (non-hydrogen) atoms. The van der Waals surface area contributed by atoms with Crippen molar-refractivity contribution in [1.82, 2.24) is 0 Å². The molecule has 1 aromatic carbocycles. The molecule has 1 rings (SSSR count). The van der Waals surface area contributed by atoms with Crippen molar-refractivity contribution < 1.29 is 64.4 Å². The van der Waals surface area contributed by atoms with E-state index in [2.05, 4.69) is 6.58 Å². The predicted molar refractivity (Wildman–Crippen MR) is 49.1 cm³/mol. The van der Waals surface area contributed by atoms with E-state index >= 15 is 0 Å². The molecule has 5 heteroatoms. The minimum Gasteiger partial charge on any atom is -0.744 e. The van der Waals surface area contributed by atoms with Gasteiger partial charge < -0.3 is 4.55 Å². The van der Waals surface area contributed by atoms with Crippen LogP contribution in [-0.4, -0.2) is 13.0 Å². The molecule has 0 saturated heterocycles. The average Bonchev–Trinajstić information content (AvgIpc) is 2.03. The Labute approximate surface area is 126 Å². The summed E-state index contributed by atoms with van der Waals surface area (Å²) in [5, 5.41) is 0. The molecule has 0 fully saturated rings. The fourth-order valence-corrected chi connectivity index (χ4v) is 1.38. The van der Waals surface area contributed by atoms with Gasteiger partial charge in [0, 0.05) is 0 Å². The Morgan fingerprint density at radius 2 is 1.71 bits per heavy atom. The Morgan fingerprint density at radius 1 is 1.29 bits per heavy atom. The quantitative estimate of drug-likeness (QED) is 0.470. The Balaban J connectivity index is 0.00000169. The van der Waals surface area contributed by atoms with E-state index in [9.17, 15) is 13.0 Å². The number of hydrogen-bond donors (Lipinski definition) is 0. The van der Waals surface area contributed by atoms with Gasteiger partial charge >= 0.3 is 51.4 Å². The van der Waals surface area contributed by atoms with Crippen LogP contribution in [0.5, 0.6) is 0 Å². The van der Waals surface area contributed by atoms with Gasteiger partial charge in [-0.05, 0) is 24.6 Å². The standard InChI is InChI=1S/C9H10O3S.K/c1-7(2)8-3-5-9(6-4-8)13(10,11)12;/h3-6H,1H2,2H3,(H,10,11,12);/q;+1/p-1. The van der Waals surface area contributed by atoms with Gasteiger partial charge in [-0.15, -0.1) is 0 Å². The van der Waals surface area contributed by atoms with Crippen molar-refractivity contribution >= 4 is 15.7 Å². The van der Waals surface area contributed by atoms with Gasteiger partial charge in [0.25, 0.3) is 0 Å². The second-order valence-corrected chi connectivity index (χ2v) is 4.14. The summed E-state index contributed by atoms with van der Waals surface area (Å²) >= 11 is 0. The van der Waals surface area contributed by atoms with Crippen LogP contribution >= 0.6 is 0 Å². The van der Waals surface area contributed by atoms with Gasteiger partial charge in [0.15, 0.2) is 0 Å². The van der Waals surface area contributed by atoms with E-state index in [1.165, 1.54) is 12.1 Å². The van der Waals surface area contributed by atoms with E-state index in [-0.39, 0.29) is 56.3 Å². The predicted octanol–water partition coefficient (Wildman–Crippen LogP) is -1.37. The van der Waals surface area contributed by atoms with Crippen molar-refractivity contribution in [2.75, 3.05) is 0 Å². The van der Waals surface area contributed by atoms with Crippen molar-refractivity contribution in [1.29, 1.82) is 0 Å². The minimum absolute atomic E-state index is 0. The van der Waals surface area contributed by atoms with Crippen LogP contribution < -0.4 is 51.4 Å². The molecule has 1 aromatic rings. The molecule has 0 spiro atoms. The van der Waals surface area contributed by atoms with E-state index < -0.39 is 10.1 Å². The van der Waals surface area contributed by atoms with Gasteiger partial charge in [-0.2, -0.15) is 0 Å². The second kappa shape index (κ2) is 5.55. The van der Waals surface area contributed by atoms with E-state index in [1.807, 2.05) is 0 Å². The van der Waals surface area contributed by atoms with E-state index in [0.29, 0.717) is 0 Å². The molecule has 0 N–H and O–H groups in total. The summed E-state index contributed by atoms with van der Waals surface area (Å²) in [5.41, 5.74) is 1.65. The normalized spacial score (nSPS) is 10.4. The molecule has 3 nitrogen and oxygen atoms in total. The second-order valence-electron chi connectivity index (χ2n) is 2.76. The van der Waals surface area contributed by atoms with Crippen molar-refractivity contribution in [3.63, 3.8) is 0 Å². The fraction of sp³-hybridized carbons (Fsp3) is 0.111. The molecule has 0 heterocycles. The van der Waals surface area contributed by atoms with Crippen molar-refractivity contribution in [2.24, 2.45) is 0 Å². The van der Waals surface area contributed by atoms with E-state index in [0.717, 1.165) is 11.1 Å². The van der Waals surface area contributed by atoms with Crippen LogP contribution in [0.15, 0.2) is 35.7 Å². The van der Waals surface area contributed by atoms with E-state index in [4.69, 9.17) is 0 Å². The molecule has 0 aliphatic heterocycles. The first-order valence-electron chi connectivity index (χ1n) is 3.63. The number of rotatable bonds is 2.